The van der Waals surface area contributed by atoms with Crippen molar-refractivity contribution in [1.29, 1.82) is 0 Å². The standard InChI is InChI=1S/C19H16N6OS/c20-17(25-22)10-4-5-13-15(9-10)24-19(14-6-7-27-16(13)14)23-12-3-1-2-11(8-12)18(21)26/h1-9H,22H2,(H2,20,25)(H2,21,26)(H,23,24). The summed E-state index contributed by atoms with van der Waals surface area (Å²) in [6.45, 7) is 0. The molecule has 0 bridgehead atoms. The number of carbonyl (C=O) groups excluding carboxylic acids is 1. The minimum Gasteiger partial charge on any atom is -0.382 e. The highest BCUT2D eigenvalue weighted by atomic mass is 32.1. The van der Waals surface area contributed by atoms with Crippen LogP contribution < -0.4 is 22.6 Å². The molecule has 0 spiro atoms. The van der Waals surface area contributed by atoms with Gasteiger partial charge in [0.05, 0.1) is 5.52 Å². The number of nitrogens with zero attached hydrogens (tertiary/aromatic N) is 2. The number of primary amides is 1. The molecule has 2 aromatic heterocycles. The number of fused-ring (bicyclic) bond motifs is 3. The molecule has 4 rings (SSSR count). The number of amides is 1. The first-order chi connectivity index (χ1) is 13.1. The van der Waals surface area contributed by atoms with Crippen LogP contribution in [0.25, 0.3) is 21.0 Å². The van der Waals surface area contributed by atoms with Crippen molar-refractivity contribution in [2.24, 2.45) is 22.4 Å². The number of hydrogen-bond donors (Lipinski definition) is 4. The lowest BCUT2D eigenvalue weighted by Crippen LogP contribution is -2.15. The number of nitrogens with two attached hydrogens (primary N) is 3. The molecular formula is C19H16N6OS. The SMILES string of the molecule is N/N=C(\N)c1ccc2c(c1)nc(Nc1cccc(C(N)=O)c1)c1ccsc12. The Morgan fingerprint density at radius 1 is 1.04 bits per heavy atom. The molecule has 0 saturated carbocycles. The van der Waals surface area contributed by atoms with Crippen molar-refractivity contribution in [3.63, 3.8) is 0 Å². The molecule has 2 aromatic carbocycles. The van der Waals surface area contributed by atoms with Crippen molar-refractivity contribution >= 4 is 55.6 Å². The summed E-state index contributed by atoms with van der Waals surface area (Å²) in [5, 5.41) is 10.9. The Labute approximate surface area is 158 Å². The van der Waals surface area contributed by atoms with Gasteiger partial charge in [0.25, 0.3) is 0 Å². The average molecular weight is 376 g/mol. The van der Waals surface area contributed by atoms with E-state index < -0.39 is 5.91 Å². The van der Waals surface area contributed by atoms with Crippen LogP contribution in [0.1, 0.15) is 15.9 Å². The van der Waals surface area contributed by atoms with Crippen molar-refractivity contribution in [2.75, 3.05) is 5.32 Å². The topological polar surface area (TPSA) is 132 Å². The Morgan fingerprint density at radius 2 is 1.89 bits per heavy atom. The van der Waals surface area contributed by atoms with E-state index in [2.05, 4.69) is 10.4 Å². The molecule has 0 aliphatic heterocycles. The van der Waals surface area contributed by atoms with Crippen LogP contribution in [0.5, 0.6) is 0 Å². The molecule has 0 radical (unpaired) electrons. The molecular weight excluding hydrogens is 360 g/mol. The lowest BCUT2D eigenvalue weighted by Gasteiger charge is -2.11. The molecule has 0 atom stereocenters. The maximum Gasteiger partial charge on any atom is 0.248 e. The van der Waals surface area contributed by atoms with Gasteiger partial charge in [-0.1, -0.05) is 18.2 Å². The second-order valence-corrected chi connectivity index (χ2v) is 6.86. The Hall–Kier alpha value is -3.65. The number of aromatic nitrogens is 1. The molecule has 27 heavy (non-hydrogen) atoms. The summed E-state index contributed by atoms with van der Waals surface area (Å²) in [6, 6.07) is 14.7. The zero-order chi connectivity index (χ0) is 19.0. The summed E-state index contributed by atoms with van der Waals surface area (Å²) in [6.07, 6.45) is 0. The lowest BCUT2D eigenvalue weighted by molar-refractivity contribution is 0.100. The lowest BCUT2D eigenvalue weighted by atomic mass is 10.1. The Kier molecular flexibility index (Phi) is 4.09. The van der Waals surface area contributed by atoms with Gasteiger partial charge in [0, 0.05) is 32.3 Å². The van der Waals surface area contributed by atoms with Crippen molar-refractivity contribution in [2.45, 2.75) is 0 Å². The number of benzene rings is 2. The summed E-state index contributed by atoms with van der Waals surface area (Å²) in [5.74, 6) is 5.73. The average Bonchev–Trinajstić information content (AvgIpc) is 3.17. The number of hydrazone groups is 1. The van der Waals surface area contributed by atoms with Gasteiger partial charge in [0.1, 0.15) is 11.7 Å². The Balaban J connectivity index is 1.87. The fourth-order valence-electron chi connectivity index (χ4n) is 2.92. The van der Waals surface area contributed by atoms with Crippen LogP contribution in [0.15, 0.2) is 59.0 Å². The summed E-state index contributed by atoms with van der Waals surface area (Å²) < 4.78 is 1.10. The van der Waals surface area contributed by atoms with E-state index in [-0.39, 0.29) is 5.84 Å². The number of hydrogen-bond acceptors (Lipinski definition) is 6. The number of anilines is 2. The third kappa shape index (κ3) is 3.02. The molecule has 2 heterocycles. The molecule has 0 aliphatic rings. The van der Waals surface area contributed by atoms with Crippen LogP contribution in [0.4, 0.5) is 11.5 Å². The summed E-state index contributed by atoms with van der Waals surface area (Å²) in [5.41, 5.74) is 13.8. The van der Waals surface area contributed by atoms with Gasteiger partial charge in [-0.25, -0.2) is 4.98 Å². The minimum absolute atomic E-state index is 0.244. The maximum absolute atomic E-state index is 11.4. The zero-order valence-corrected chi connectivity index (χ0v) is 15.0. The number of amidine groups is 1. The molecule has 7 N–H and O–H groups in total. The molecule has 7 nitrogen and oxygen atoms in total. The van der Waals surface area contributed by atoms with E-state index in [0.29, 0.717) is 16.9 Å². The predicted molar refractivity (Wildman–Crippen MR) is 110 cm³/mol. The van der Waals surface area contributed by atoms with Crippen LogP contribution in [-0.2, 0) is 0 Å². The molecule has 8 heteroatoms. The molecule has 0 fully saturated rings. The minimum atomic E-state index is -0.480. The highest BCUT2D eigenvalue weighted by molar-refractivity contribution is 7.18. The smallest absolute Gasteiger partial charge is 0.248 e. The van der Waals surface area contributed by atoms with Crippen molar-refractivity contribution in [3.8, 4) is 0 Å². The van der Waals surface area contributed by atoms with Gasteiger partial charge < -0.3 is 22.6 Å². The van der Waals surface area contributed by atoms with E-state index in [1.54, 1.807) is 29.5 Å². The largest absolute Gasteiger partial charge is 0.382 e. The molecule has 0 aliphatic carbocycles. The van der Waals surface area contributed by atoms with E-state index in [1.165, 1.54) is 0 Å². The first-order valence-corrected chi connectivity index (χ1v) is 8.96. The fourth-order valence-corrected chi connectivity index (χ4v) is 3.85. The van der Waals surface area contributed by atoms with E-state index in [0.717, 1.165) is 26.7 Å². The molecule has 4 aromatic rings. The summed E-state index contributed by atoms with van der Waals surface area (Å²) >= 11 is 1.63. The van der Waals surface area contributed by atoms with Crippen LogP contribution >= 0.6 is 11.3 Å². The van der Waals surface area contributed by atoms with E-state index in [4.69, 9.17) is 22.3 Å². The zero-order valence-electron chi connectivity index (χ0n) is 14.1. The first-order valence-electron chi connectivity index (χ1n) is 8.08. The number of pyridine rings is 1. The van der Waals surface area contributed by atoms with Crippen molar-refractivity contribution in [1.82, 2.24) is 4.98 Å². The molecule has 0 saturated heterocycles. The fraction of sp³-hybridized carbons (Fsp3) is 0. The number of carbonyl (C=O) groups is 1. The highest BCUT2D eigenvalue weighted by Crippen LogP contribution is 2.35. The van der Waals surface area contributed by atoms with Gasteiger partial charge in [-0.05, 0) is 35.7 Å². The van der Waals surface area contributed by atoms with Gasteiger partial charge in [0.15, 0.2) is 0 Å². The van der Waals surface area contributed by atoms with Gasteiger partial charge in [-0.2, -0.15) is 5.10 Å². The quantitative estimate of drug-likeness (QED) is 0.188. The summed E-state index contributed by atoms with van der Waals surface area (Å²) in [7, 11) is 0. The molecule has 1 amide bonds. The third-order valence-corrected chi connectivity index (χ3v) is 5.19. The monoisotopic (exact) mass is 376 g/mol. The van der Waals surface area contributed by atoms with Crippen LogP contribution in [0, 0.1) is 0 Å². The van der Waals surface area contributed by atoms with Gasteiger partial charge in [-0.3, -0.25) is 4.79 Å². The third-order valence-electron chi connectivity index (χ3n) is 4.24. The normalized spacial score (nSPS) is 11.8. The predicted octanol–water partition coefficient (Wildman–Crippen LogP) is 2.87. The highest BCUT2D eigenvalue weighted by Gasteiger charge is 2.12. The van der Waals surface area contributed by atoms with Gasteiger partial charge in [-0.15, -0.1) is 11.3 Å². The Bertz CT molecular complexity index is 1210. The first kappa shape index (κ1) is 16.8. The number of thiophene rings is 1. The van der Waals surface area contributed by atoms with Crippen LogP contribution in [0.3, 0.4) is 0 Å². The maximum atomic E-state index is 11.4. The number of rotatable bonds is 4. The van der Waals surface area contributed by atoms with Crippen molar-refractivity contribution < 1.29 is 4.79 Å². The van der Waals surface area contributed by atoms with E-state index >= 15 is 0 Å². The number of nitrogens with one attached hydrogen (secondary N) is 1. The van der Waals surface area contributed by atoms with Gasteiger partial charge >= 0.3 is 0 Å². The second kappa shape index (κ2) is 6.58. The molecule has 0 unspecified atom stereocenters. The van der Waals surface area contributed by atoms with Gasteiger partial charge in [0.2, 0.25) is 5.91 Å². The van der Waals surface area contributed by atoms with E-state index in [1.807, 2.05) is 35.7 Å². The van der Waals surface area contributed by atoms with Crippen LogP contribution in [0.2, 0.25) is 0 Å². The second-order valence-electron chi connectivity index (χ2n) is 5.94. The van der Waals surface area contributed by atoms with E-state index in [9.17, 15) is 4.79 Å². The van der Waals surface area contributed by atoms with Crippen molar-refractivity contribution in [3.05, 3.63) is 65.0 Å². The Morgan fingerprint density at radius 3 is 2.67 bits per heavy atom. The molecule has 134 valence electrons. The van der Waals surface area contributed by atoms with Crippen LogP contribution in [-0.4, -0.2) is 16.7 Å². The summed E-state index contributed by atoms with van der Waals surface area (Å²) in [4.78, 5) is 16.2.